The van der Waals surface area contributed by atoms with Crippen LogP contribution in [0.15, 0.2) is 0 Å². The van der Waals surface area contributed by atoms with Crippen molar-refractivity contribution < 1.29 is 4.79 Å². The molecule has 1 unspecified atom stereocenters. The molecule has 0 heterocycles. The average Bonchev–Trinajstić information content (AvgIpc) is 2.36. The van der Waals surface area contributed by atoms with Gasteiger partial charge in [0.05, 0.1) is 0 Å². The van der Waals surface area contributed by atoms with E-state index in [4.69, 9.17) is 5.73 Å². The first kappa shape index (κ1) is 16.5. The lowest BCUT2D eigenvalue weighted by molar-refractivity contribution is -0.137. The number of carbonyl (C=O) groups excluding carboxylic acids is 1. The van der Waals surface area contributed by atoms with Gasteiger partial charge in [0, 0.05) is 19.0 Å². The van der Waals surface area contributed by atoms with Crippen molar-refractivity contribution in [1.82, 2.24) is 4.90 Å². The van der Waals surface area contributed by atoms with Gasteiger partial charge in [0.15, 0.2) is 0 Å². The van der Waals surface area contributed by atoms with Crippen molar-refractivity contribution in [3.05, 3.63) is 0 Å². The lowest BCUT2D eigenvalue weighted by Crippen LogP contribution is -2.41. The molecule has 1 aliphatic rings. The van der Waals surface area contributed by atoms with Gasteiger partial charge in [-0.05, 0) is 56.9 Å². The Hall–Kier alpha value is -0.570. The van der Waals surface area contributed by atoms with E-state index >= 15 is 0 Å². The number of hydrogen-bond donors (Lipinski definition) is 1. The molecule has 0 aromatic carbocycles. The number of nitrogens with two attached hydrogens (primary N) is 1. The quantitative estimate of drug-likeness (QED) is 0.852. The number of amides is 1. The molecule has 1 saturated carbocycles. The van der Waals surface area contributed by atoms with E-state index in [-0.39, 0.29) is 12.0 Å². The summed E-state index contributed by atoms with van der Waals surface area (Å²) in [6.45, 7) is 9.68. The third-order valence-corrected chi connectivity index (χ3v) is 4.89. The van der Waals surface area contributed by atoms with Crippen molar-refractivity contribution in [1.29, 1.82) is 0 Å². The molecule has 1 aliphatic carbocycles. The second-order valence-corrected chi connectivity index (χ2v) is 7.29. The molecule has 1 rings (SSSR count). The van der Waals surface area contributed by atoms with Gasteiger partial charge in [-0.3, -0.25) is 4.79 Å². The van der Waals surface area contributed by atoms with E-state index in [0.29, 0.717) is 17.9 Å². The van der Waals surface area contributed by atoms with E-state index in [1.807, 2.05) is 11.9 Å². The van der Waals surface area contributed by atoms with Crippen LogP contribution in [0.25, 0.3) is 0 Å². The van der Waals surface area contributed by atoms with Gasteiger partial charge in [0.25, 0.3) is 0 Å². The largest absolute Gasteiger partial charge is 0.343 e. The highest BCUT2D eigenvalue weighted by Crippen LogP contribution is 2.40. The van der Waals surface area contributed by atoms with E-state index in [0.717, 1.165) is 25.2 Å². The third kappa shape index (κ3) is 4.48. The molecule has 1 fully saturated rings. The van der Waals surface area contributed by atoms with Crippen molar-refractivity contribution in [2.24, 2.45) is 23.0 Å². The van der Waals surface area contributed by atoms with Gasteiger partial charge in [-0.2, -0.15) is 0 Å². The molecule has 0 aromatic heterocycles. The molecule has 2 N–H and O–H groups in total. The Kier molecular flexibility index (Phi) is 5.84. The summed E-state index contributed by atoms with van der Waals surface area (Å²) in [7, 11) is 1.93. The molecule has 0 spiro atoms. The van der Waals surface area contributed by atoms with Crippen molar-refractivity contribution in [3.8, 4) is 0 Å². The molecule has 112 valence electrons. The molecule has 3 heteroatoms. The predicted octanol–water partition coefficient (Wildman–Crippen LogP) is 3.03. The molecular weight excluding hydrogens is 236 g/mol. The lowest BCUT2D eigenvalue weighted by Gasteiger charge is -2.38. The summed E-state index contributed by atoms with van der Waals surface area (Å²) in [4.78, 5) is 14.4. The zero-order valence-corrected chi connectivity index (χ0v) is 13.4. The fourth-order valence-corrected chi connectivity index (χ4v) is 3.15. The zero-order valence-electron chi connectivity index (χ0n) is 13.4. The molecule has 0 bridgehead atoms. The van der Waals surface area contributed by atoms with Crippen molar-refractivity contribution in [2.75, 3.05) is 13.6 Å². The summed E-state index contributed by atoms with van der Waals surface area (Å²) in [6, 6.07) is 0.262. The summed E-state index contributed by atoms with van der Waals surface area (Å²) in [6.07, 6.45) is 5.39. The fraction of sp³-hybridized carbons (Fsp3) is 0.938. The topological polar surface area (TPSA) is 46.3 Å². The summed E-state index contributed by atoms with van der Waals surface area (Å²) >= 11 is 0. The Balaban J connectivity index is 2.49. The number of carbonyl (C=O) groups is 1. The molecule has 0 radical (unpaired) electrons. The highest BCUT2D eigenvalue weighted by Gasteiger charge is 2.33. The SMILES string of the molecule is CC(CCN)N(C)C(=O)C1CCC(C(C)(C)C)CC1. The maximum absolute atomic E-state index is 12.5. The second-order valence-electron chi connectivity index (χ2n) is 7.29. The monoisotopic (exact) mass is 268 g/mol. The predicted molar refractivity (Wildman–Crippen MR) is 80.8 cm³/mol. The summed E-state index contributed by atoms with van der Waals surface area (Å²) in [5, 5.41) is 0. The summed E-state index contributed by atoms with van der Waals surface area (Å²) in [5.41, 5.74) is 5.96. The first-order valence-corrected chi connectivity index (χ1v) is 7.74. The Morgan fingerprint density at radius 1 is 1.26 bits per heavy atom. The van der Waals surface area contributed by atoms with Crippen LogP contribution in [-0.2, 0) is 4.79 Å². The van der Waals surface area contributed by atoms with E-state index in [1.54, 1.807) is 0 Å². The maximum atomic E-state index is 12.5. The van der Waals surface area contributed by atoms with Crippen molar-refractivity contribution >= 4 is 5.91 Å². The van der Waals surface area contributed by atoms with Gasteiger partial charge in [0.2, 0.25) is 5.91 Å². The molecule has 1 amide bonds. The van der Waals surface area contributed by atoms with Gasteiger partial charge in [-0.25, -0.2) is 0 Å². The van der Waals surface area contributed by atoms with Gasteiger partial charge in [-0.15, -0.1) is 0 Å². The number of rotatable bonds is 4. The molecule has 0 aromatic rings. The minimum Gasteiger partial charge on any atom is -0.343 e. The Labute approximate surface area is 118 Å². The maximum Gasteiger partial charge on any atom is 0.225 e. The van der Waals surface area contributed by atoms with Gasteiger partial charge in [0.1, 0.15) is 0 Å². The van der Waals surface area contributed by atoms with Crippen LogP contribution in [0.4, 0.5) is 0 Å². The van der Waals surface area contributed by atoms with E-state index in [9.17, 15) is 4.79 Å². The first-order valence-electron chi connectivity index (χ1n) is 7.74. The molecule has 19 heavy (non-hydrogen) atoms. The lowest BCUT2D eigenvalue weighted by atomic mass is 9.69. The van der Waals surface area contributed by atoms with Gasteiger partial charge < -0.3 is 10.6 Å². The van der Waals surface area contributed by atoms with E-state index in [1.165, 1.54) is 12.8 Å². The van der Waals surface area contributed by atoms with Crippen LogP contribution >= 0.6 is 0 Å². The number of nitrogens with zero attached hydrogens (tertiary/aromatic N) is 1. The van der Waals surface area contributed by atoms with Crippen molar-refractivity contribution in [2.45, 2.75) is 65.8 Å². The summed E-state index contributed by atoms with van der Waals surface area (Å²) in [5.74, 6) is 1.33. The fourth-order valence-electron chi connectivity index (χ4n) is 3.15. The van der Waals surface area contributed by atoms with Crippen LogP contribution in [0.2, 0.25) is 0 Å². The van der Waals surface area contributed by atoms with Crippen LogP contribution in [0.3, 0.4) is 0 Å². The van der Waals surface area contributed by atoms with Crippen LogP contribution in [0, 0.1) is 17.3 Å². The Bertz CT molecular complexity index is 288. The average molecular weight is 268 g/mol. The zero-order chi connectivity index (χ0) is 14.6. The molecule has 0 saturated heterocycles. The second kappa shape index (κ2) is 6.74. The van der Waals surface area contributed by atoms with Crippen LogP contribution < -0.4 is 5.73 Å². The standard InChI is InChI=1S/C16H32N2O/c1-12(10-11-17)18(5)15(19)13-6-8-14(9-7-13)16(2,3)4/h12-14H,6-11,17H2,1-5H3. The van der Waals surface area contributed by atoms with Crippen LogP contribution in [0.1, 0.15) is 59.8 Å². The normalized spacial score (nSPS) is 26.0. The highest BCUT2D eigenvalue weighted by atomic mass is 16.2. The summed E-state index contributed by atoms with van der Waals surface area (Å²) < 4.78 is 0. The van der Waals surface area contributed by atoms with E-state index < -0.39 is 0 Å². The Morgan fingerprint density at radius 3 is 2.21 bits per heavy atom. The molecule has 1 atom stereocenters. The highest BCUT2D eigenvalue weighted by molar-refractivity contribution is 5.78. The minimum absolute atomic E-state index is 0.240. The van der Waals surface area contributed by atoms with Gasteiger partial charge in [-0.1, -0.05) is 20.8 Å². The van der Waals surface area contributed by atoms with Gasteiger partial charge >= 0.3 is 0 Å². The molecule has 3 nitrogen and oxygen atoms in total. The first-order chi connectivity index (χ1) is 8.77. The Morgan fingerprint density at radius 2 is 1.79 bits per heavy atom. The molecular formula is C16H32N2O. The smallest absolute Gasteiger partial charge is 0.225 e. The number of hydrogen-bond acceptors (Lipinski definition) is 2. The van der Waals surface area contributed by atoms with Crippen LogP contribution in [0.5, 0.6) is 0 Å². The van der Waals surface area contributed by atoms with Crippen molar-refractivity contribution in [3.63, 3.8) is 0 Å². The van der Waals surface area contributed by atoms with Crippen LogP contribution in [-0.4, -0.2) is 30.4 Å². The minimum atomic E-state index is 0.240. The molecule has 0 aliphatic heterocycles. The van der Waals surface area contributed by atoms with E-state index in [2.05, 4.69) is 27.7 Å². The third-order valence-electron chi connectivity index (χ3n) is 4.89.